The summed E-state index contributed by atoms with van der Waals surface area (Å²) in [5.74, 6) is 0.153. The number of hydrogen-bond acceptors (Lipinski definition) is 3. The summed E-state index contributed by atoms with van der Waals surface area (Å²) in [7, 11) is 0. The summed E-state index contributed by atoms with van der Waals surface area (Å²) in [5.41, 5.74) is 3.63. The SMILES string of the molecule is CCC(=O)N(CC(=O)N1CCc2sccc2C1c1ccccc1C)C1CC1. The van der Waals surface area contributed by atoms with Crippen LogP contribution in [0.4, 0.5) is 0 Å². The first-order valence-corrected chi connectivity index (χ1v) is 10.7. The van der Waals surface area contributed by atoms with E-state index in [1.54, 1.807) is 16.2 Å². The number of carbonyl (C=O) groups excluding carboxylic acids is 2. The van der Waals surface area contributed by atoms with Gasteiger partial charge in [0.15, 0.2) is 0 Å². The zero-order valence-corrected chi connectivity index (χ0v) is 16.8. The summed E-state index contributed by atoms with van der Waals surface area (Å²) in [6.45, 7) is 4.90. The summed E-state index contributed by atoms with van der Waals surface area (Å²) in [6, 6.07) is 10.7. The Kier molecular flexibility index (Phi) is 5.04. The predicted molar refractivity (Wildman–Crippen MR) is 108 cm³/mol. The largest absolute Gasteiger partial charge is 0.330 e. The van der Waals surface area contributed by atoms with Crippen LogP contribution in [-0.4, -0.2) is 40.7 Å². The molecule has 2 aromatic rings. The number of carbonyl (C=O) groups is 2. The molecule has 4 rings (SSSR count). The van der Waals surface area contributed by atoms with E-state index in [-0.39, 0.29) is 30.4 Å². The van der Waals surface area contributed by atoms with E-state index >= 15 is 0 Å². The lowest BCUT2D eigenvalue weighted by Gasteiger charge is -2.38. The molecule has 1 fully saturated rings. The van der Waals surface area contributed by atoms with E-state index in [1.165, 1.54) is 21.6 Å². The molecule has 1 saturated carbocycles. The predicted octanol–water partition coefficient (Wildman–Crippen LogP) is 3.93. The van der Waals surface area contributed by atoms with Crippen LogP contribution in [0.5, 0.6) is 0 Å². The molecule has 1 aliphatic carbocycles. The summed E-state index contributed by atoms with van der Waals surface area (Å²) in [5, 5.41) is 2.13. The molecule has 1 aliphatic heterocycles. The van der Waals surface area contributed by atoms with Crippen LogP contribution >= 0.6 is 11.3 Å². The molecule has 2 heterocycles. The molecule has 0 radical (unpaired) electrons. The second-order valence-corrected chi connectivity index (χ2v) is 8.50. The van der Waals surface area contributed by atoms with Crippen LogP contribution in [0.2, 0.25) is 0 Å². The third-order valence-electron chi connectivity index (χ3n) is 5.69. The van der Waals surface area contributed by atoms with Gasteiger partial charge in [0.1, 0.15) is 6.54 Å². The van der Waals surface area contributed by atoms with E-state index in [0.29, 0.717) is 13.0 Å². The normalized spacial score (nSPS) is 18.9. The van der Waals surface area contributed by atoms with E-state index in [0.717, 1.165) is 19.3 Å². The van der Waals surface area contributed by atoms with Crippen LogP contribution in [-0.2, 0) is 16.0 Å². The minimum atomic E-state index is -0.0496. The first-order valence-electron chi connectivity index (χ1n) is 9.81. The average molecular weight is 383 g/mol. The summed E-state index contributed by atoms with van der Waals surface area (Å²) in [6.07, 6.45) is 3.40. The Balaban J connectivity index is 1.65. The van der Waals surface area contributed by atoms with Crippen LogP contribution < -0.4 is 0 Å². The van der Waals surface area contributed by atoms with Gasteiger partial charge in [-0.1, -0.05) is 31.2 Å². The molecule has 0 spiro atoms. The van der Waals surface area contributed by atoms with Crippen molar-refractivity contribution >= 4 is 23.2 Å². The lowest BCUT2D eigenvalue weighted by Crippen LogP contribution is -2.47. The number of fused-ring (bicyclic) bond motifs is 1. The van der Waals surface area contributed by atoms with Gasteiger partial charge in [0.05, 0.1) is 6.04 Å². The fourth-order valence-electron chi connectivity index (χ4n) is 4.06. The highest BCUT2D eigenvalue weighted by atomic mass is 32.1. The fourth-order valence-corrected chi connectivity index (χ4v) is 4.96. The van der Waals surface area contributed by atoms with E-state index in [4.69, 9.17) is 0 Å². The Bertz CT molecular complexity index is 856. The zero-order valence-electron chi connectivity index (χ0n) is 16.0. The average Bonchev–Trinajstić information content (AvgIpc) is 3.41. The molecule has 1 unspecified atom stereocenters. The van der Waals surface area contributed by atoms with Gasteiger partial charge in [-0.25, -0.2) is 0 Å². The van der Waals surface area contributed by atoms with Crippen LogP contribution in [0.3, 0.4) is 0 Å². The summed E-state index contributed by atoms with van der Waals surface area (Å²) >= 11 is 1.78. The smallest absolute Gasteiger partial charge is 0.243 e. The van der Waals surface area contributed by atoms with Crippen molar-refractivity contribution in [2.75, 3.05) is 13.1 Å². The highest BCUT2D eigenvalue weighted by Gasteiger charge is 2.37. The summed E-state index contributed by atoms with van der Waals surface area (Å²) < 4.78 is 0. The molecule has 1 atom stereocenters. The molecule has 1 aromatic carbocycles. The van der Waals surface area contributed by atoms with Gasteiger partial charge in [-0.15, -0.1) is 11.3 Å². The first kappa shape index (κ1) is 18.2. The Hall–Kier alpha value is -2.14. The number of amides is 2. The first-order chi connectivity index (χ1) is 13.1. The Morgan fingerprint density at radius 2 is 1.96 bits per heavy atom. The van der Waals surface area contributed by atoms with Gasteiger partial charge in [0, 0.05) is 23.9 Å². The number of benzene rings is 1. The standard InChI is InChI=1S/C22H26N2O2S/c1-3-20(25)24(16-8-9-16)14-21(26)23-12-10-19-18(11-13-27-19)22(23)17-7-5-4-6-15(17)2/h4-7,11,13,16,22H,3,8-10,12,14H2,1-2H3. The van der Waals surface area contributed by atoms with Gasteiger partial charge >= 0.3 is 0 Å². The Morgan fingerprint density at radius 3 is 2.67 bits per heavy atom. The fraction of sp³-hybridized carbons (Fsp3) is 0.455. The van der Waals surface area contributed by atoms with Crippen LogP contribution in [0, 0.1) is 6.92 Å². The molecule has 4 nitrogen and oxygen atoms in total. The van der Waals surface area contributed by atoms with E-state index < -0.39 is 0 Å². The lowest BCUT2D eigenvalue weighted by molar-refractivity contribution is -0.142. The molecule has 0 saturated heterocycles. The summed E-state index contributed by atoms with van der Waals surface area (Å²) in [4.78, 5) is 30.8. The molecule has 2 amide bonds. The molecule has 0 bridgehead atoms. The quantitative estimate of drug-likeness (QED) is 0.786. The number of thiophene rings is 1. The van der Waals surface area contributed by atoms with Gasteiger partial charge in [0.2, 0.25) is 11.8 Å². The van der Waals surface area contributed by atoms with E-state index in [1.807, 2.05) is 24.0 Å². The van der Waals surface area contributed by atoms with Gasteiger partial charge in [-0.05, 0) is 54.3 Å². The third kappa shape index (κ3) is 3.53. The zero-order chi connectivity index (χ0) is 19.0. The van der Waals surface area contributed by atoms with Crippen LogP contribution in [0.15, 0.2) is 35.7 Å². The second kappa shape index (κ2) is 7.47. The Labute approximate surface area is 164 Å². The number of hydrogen-bond donors (Lipinski definition) is 0. The number of aryl methyl sites for hydroxylation is 1. The van der Waals surface area contributed by atoms with Crippen molar-refractivity contribution in [3.8, 4) is 0 Å². The van der Waals surface area contributed by atoms with Crippen LogP contribution in [0.1, 0.15) is 53.8 Å². The van der Waals surface area contributed by atoms with Gasteiger partial charge < -0.3 is 9.80 Å². The van der Waals surface area contributed by atoms with Gasteiger partial charge in [0.25, 0.3) is 0 Å². The molecule has 1 aromatic heterocycles. The molecule has 5 heteroatoms. The van der Waals surface area contributed by atoms with E-state index in [9.17, 15) is 9.59 Å². The highest BCUT2D eigenvalue weighted by molar-refractivity contribution is 7.10. The Morgan fingerprint density at radius 1 is 1.19 bits per heavy atom. The molecule has 0 N–H and O–H groups in total. The second-order valence-electron chi connectivity index (χ2n) is 7.50. The third-order valence-corrected chi connectivity index (χ3v) is 6.68. The van der Waals surface area contributed by atoms with E-state index in [2.05, 4.69) is 30.5 Å². The maximum Gasteiger partial charge on any atom is 0.243 e. The van der Waals surface area contributed by atoms with Crippen molar-refractivity contribution in [1.29, 1.82) is 0 Å². The molecular formula is C22H26N2O2S. The minimum absolute atomic E-state index is 0.0496. The van der Waals surface area contributed by atoms with Gasteiger partial charge in [-0.2, -0.15) is 0 Å². The number of nitrogens with zero attached hydrogens (tertiary/aromatic N) is 2. The van der Waals surface area contributed by atoms with Crippen molar-refractivity contribution in [3.05, 3.63) is 57.3 Å². The van der Waals surface area contributed by atoms with Gasteiger partial charge in [-0.3, -0.25) is 9.59 Å². The molecule has 2 aliphatic rings. The molecular weight excluding hydrogens is 356 g/mol. The monoisotopic (exact) mass is 382 g/mol. The lowest BCUT2D eigenvalue weighted by atomic mass is 9.90. The van der Waals surface area contributed by atoms with Crippen LogP contribution in [0.25, 0.3) is 0 Å². The molecule has 27 heavy (non-hydrogen) atoms. The number of rotatable bonds is 5. The van der Waals surface area contributed by atoms with Crippen molar-refractivity contribution in [3.63, 3.8) is 0 Å². The molecule has 142 valence electrons. The van der Waals surface area contributed by atoms with Crippen molar-refractivity contribution < 1.29 is 9.59 Å². The van der Waals surface area contributed by atoms with Crippen molar-refractivity contribution in [2.45, 2.75) is 51.6 Å². The topological polar surface area (TPSA) is 40.6 Å². The van der Waals surface area contributed by atoms with Crippen molar-refractivity contribution in [1.82, 2.24) is 9.80 Å². The maximum absolute atomic E-state index is 13.3. The minimum Gasteiger partial charge on any atom is -0.330 e. The highest BCUT2D eigenvalue weighted by Crippen LogP contribution is 2.39. The van der Waals surface area contributed by atoms with Crippen molar-refractivity contribution in [2.24, 2.45) is 0 Å². The maximum atomic E-state index is 13.3.